The summed E-state index contributed by atoms with van der Waals surface area (Å²) in [6.07, 6.45) is 2.48. The minimum absolute atomic E-state index is 0.259. The molecule has 1 fully saturated rings. The molecule has 1 unspecified atom stereocenters. The van der Waals surface area contributed by atoms with Crippen molar-refractivity contribution in [1.29, 1.82) is 0 Å². The number of hydrogen-bond donors (Lipinski definition) is 1. The van der Waals surface area contributed by atoms with Gasteiger partial charge in [-0.3, -0.25) is 0 Å². The van der Waals surface area contributed by atoms with Gasteiger partial charge in [-0.05, 0) is 37.6 Å². The number of nitrogens with two attached hydrogens (primary N) is 1. The average Bonchev–Trinajstić information content (AvgIpc) is 2.67. The van der Waals surface area contributed by atoms with E-state index in [2.05, 4.69) is 13.8 Å². The molecule has 0 aromatic rings. The second-order valence-electron chi connectivity index (χ2n) is 4.96. The van der Waals surface area contributed by atoms with Crippen molar-refractivity contribution in [2.75, 3.05) is 25.4 Å². The summed E-state index contributed by atoms with van der Waals surface area (Å²) >= 11 is 0. The Morgan fingerprint density at radius 3 is 2.56 bits per heavy atom. The maximum Gasteiger partial charge on any atom is 0.214 e. The number of sulfonamides is 1. The Morgan fingerprint density at radius 2 is 2.06 bits per heavy atom. The Labute approximate surface area is 99.2 Å². The maximum absolute atomic E-state index is 12.0. The van der Waals surface area contributed by atoms with E-state index in [1.54, 1.807) is 4.31 Å². The molecule has 1 saturated heterocycles. The summed E-state index contributed by atoms with van der Waals surface area (Å²) in [6.45, 7) is 6.31. The Morgan fingerprint density at radius 1 is 1.38 bits per heavy atom. The molecule has 1 aliphatic rings. The Balaban J connectivity index is 2.45. The third kappa shape index (κ3) is 3.71. The molecule has 0 aliphatic carbocycles. The summed E-state index contributed by atoms with van der Waals surface area (Å²) in [5.41, 5.74) is 5.36. The van der Waals surface area contributed by atoms with Crippen molar-refractivity contribution in [2.45, 2.75) is 33.1 Å². The van der Waals surface area contributed by atoms with Gasteiger partial charge in [-0.2, -0.15) is 0 Å². The van der Waals surface area contributed by atoms with E-state index in [0.717, 1.165) is 12.8 Å². The fourth-order valence-electron chi connectivity index (χ4n) is 2.11. The first-order valence-electron chi connectivity index (χ1n) is 6.15. The molecule has 4 nitrogen and oxygen atoms in total. The second kappa shape index (κ2) is 5.98. The van der Waals surface area contributed by atoms with Gasteiger partial charge in [-0.15, -0.1) is 0 Å². The normalized spacial score (nSPS) is 23.1. The minimum Gasteiger partial charge on any atom is -0.330 e. The quantitative estimate of drug-likeness (QED) is 0.714. The van der Waals surface area contributed by atoms with Crippen LogP contribution in [0.1, 0.15) is 33.1 Å². The molecule has 16 heavy (non-hydrogen) atoms. The van der Waals surface area contributed by atoms with Crippen molar-refractivity contribution in [3.63, 3.8) is 0 Å². The number of hydrogen-bond acceptors (Lipinski definition) is 3. The van der Waals surface area contributed by atoms with Crippen LogP contribution in [0.4, 0.5) is 0 Å². The summed E-state index contributed by atoms with van der Waals surface area (Å²) in [4.78, 5) is 0. The van der Waals surface area contributed by atoms with E-state index < -0.39 is 10.0 Å². The zero-order valence-electron chi connectivity index (χ0n) is 10.4. The van der Waals surface area contributed by atoms with Crippen molar-refractivity contribution in [3.05, 3.63) is 0 Å². The number of rotatable bonds is 6. The summed E-state index contributed by atoms with van der Waals surface area (Å²) in [5, 5.41) is 0. The summed E-state index contributed by atoms with van der Waals surface area (Å²) in [7, 11) is -3.02. The molecule has 1 heterocycles. The number of unbranched alkanes of at least 4 members (excludes halogenated alkanes) is 1. The van der Waals surface area contributed by atoms with Crippen molar-refractivity contribution in [3.8, 4) is 0 Å². The molecule has 2 N–H and O–H groups in total. The predicted octanol–water partition coefficient (Wildman–Crippen LogP) is 1.03. The first-order chi connectivity index (χ1) is 7.47. The topological polar surface area (TPSA) is 63.4 Å². The lowest BCUT2D eigenvalue weighted by atomic mass is 9.96. The molecule has 1 rings (SSSR count). The van der Waals surface area contributed by atoms with E-state index >= 15 is 0 Å². The van der Waals surface area contributed by atoms with Crippen LogP contribution in [0.3, 0.4) is 0 Å². The summed E-state index contributed by atoms with van der Waals surface area (Å²) in [6, 6.07) is 0. The molecule has 0 aromatic carbocycles. The first kappa shape index (κ1) is 13.9. The van der Waals surface area contributed by atoms with Crippen molar-refractivity contribution in [2.24, 2.45) is 17.6 Å². The van der Waals surface area contributed by atoms with E-state index in [-0.39, 0.29) is 5.75 Å². The van der Waals surface area contributed by atoms with Gasteiger partial charge < -0.3 is 5.73 Å². The zero-order valence-corrected chi connectivity index (χ0v) is 11.2. The van der Waals surface area contributed by atoms with Crippen LogP contribution >= 0.6 is 0 Å². The van der Waals surface area contributed by atoms with E-state index in [9.17, 15) is 8.42 Å². The third-order valence-electron chi connectivity index (χ3n) is 3.38. The lowest BCUT2D eigenvalue weighted by Crippen LogP contribution is -2.31. The molecule has 5 heteroatoms. The minimum atomic E-state index is -3.02. The van der Waals surface area contributed by atoms with Crippen LogP contribution in [-0.2, 0) is 10.0 Å². The molecular formula is C11H24N2O2S. The van der Waals surface area contributed by atoms with Gasteiger partial charge in [-0.1, -0.05) is 13.8 Å². The molecule has 0 aromatic heterocycles. The van der Waals surface area contributed by atoms with E-state index in [0.29, 0.717) is 37.9 Å². The van der Waals surface area contributed by atoms with Gasteiger partial charge in [0, 0.05) is 13.1 Å². The molecule has 1 atom stereocenters. The van der Waals surface area contributed by atoms with Gasteiger partial charge in [0.05, 0.1) is 5.75 Å². The van der Waals surface area contributed by atoms with Crippen molar-refractivity contribution in [1.82, 2.24) is 4.31 Å². The van der Waals surface area contributed by atoms with Gasteiger partial charge >= 0.3 is 0 Å². The molecule has 96 valence electrons. The number of nitrogens with zero attached hydrogens (tertiary/aromatic N) is 1. The highest BCUT2D eigenvalue weighted by molar-refractivity contribution is 7.89. The Kier molecular flexibility index (Phi) is 5.21. The fourth-order valence-corrected chi connectivity index (χ4v) is 3.74. The van der Waals surface area contributed by atoms with Crippen molar-refractivity contribution < 1.29 is 8.42 Å². The van der Waals surface area contributed by atoms with Gasteiger partial charge in [0.15, 0.2) is 0 Å². The standard InChI is InChI=1S/C11H24N2O2S/c1-10(2)11-5-7-13(9-11)16(14,15)8-4-3-6-12/h10-11H,3-9,12H2,1-2H3. The zero-order chi connectivity index (χ0) is 12.2. The first-order valence-corrected chi connectivity index (χ1v) is 7.76. The highest BCUT2D eigenvalue weighted by Gasteiger charge is 2.31. The lowest BCUT2D eigenvalue weighted by molar-refractivity contribution is 0.388. The summed E-state index contributed by atoms with van der Waals surface area (Å²) < 4.78 is 25.6. The third-order valence-corrected chi connectivity index (χ3v) is 5.30. The van der Waals surface area contributed by atoms with E-state index in [1.165, 1.54) is 0 Å². The molecule has 0 bridgehead atoms. The molecule has 0 amide bonds. The SMILES string of the molecule is CC(C)C1CCN(S(=O)(=O)CCCCN)C1. The molecule has 0 saturated carbocycles. The lowest BCUT2D eigenvalue weighted by Gasteiger charge is -2.17. The van der Waals surface area contributed by atoms with Gasteiger partial charge in [0.1, 0.15) is 0 Å². The van der Waals surface area contributed by atoms with Gasteiger partial charge in [0.2, 0.25) is 10.0 Å². The monoisotopic (exact) mass is 248 g/mol. The highest BCUT2D eigenvalue weighted by atomic mass is 32.2. The smallest absolute Gasteiger partial charge is 0.214 e. The molecule has 0 radical (unpaired) electrons. The van der Waals surface area contributed by atoms with Crippen LogP contribution in [0.5, 0.6) is 0 Å². The molecule has 0 spiro atoms. The average molecular weight is 248 g/mol. The van der Waals surface area contributed by atoms with Gasteiger partial charge in [0.25, 0.3) is 0 Å². The predicted molar refractivity (Wildman–Crippen MR) is 66.6 cm³/mol. The highest BCUT2D eigenvalue weighted by Crippen LogP contribution is 2.25. The van der Waals surface area contributed by atoms with E-state index in [4.69, 9.17) is 5.73 Å². The molecule has 1 aliphatic heterocycles. The summed E-state index contributed by atoms with van der Waals surface area (Å²) in [5.74, 6) is 1.36. The van der Waals surface area contributed by atoms with E-state index in [1.807, 2.05) is 0 Å². The fraction of sp³-hybridized carbons (Fsp3) is 1.00. The molecular weight excluding hydrogens is 224 g/mol. The second-order valence-corrected chi connectivity index (χ2v) is 7.05. The van der Waals surface area contributed by atoms with Crippen LogP contribution < -0.4 is 5.73 Å². The maximum atomic E-state index is 12.0. The largest absolute Gasteiger partial charge is 0.330 e. The van der Waals surface area contributed by atoms with Crippen LogP contribution in [0, 0.1) is 11.8 Å². The van der Waals surface area contributed by atoms with Crippen LogP contribution in [0.25, 0.3) is 0 Å². The van der Waals surface area contributed by atoms with Crippen LogP contribution in [-0.4, -0.2) is 38.1 Å². The Bertz CT molecular complexity index is 301. The van der Waals surface area contributed by atoms with Crippen LogP contribution in [0.2, 0.25) is 0 Å². The Hall–Kier alpha value is -0.130. The van der Waals surface area contributed by atoms with Crippen molar-refractivity contribution >= 4 is 10.0 Å². The van der Waals surface area contributed by atoms with Crippen LogP contribution in [0.15, 0.2) is 0 Å². The van der Waals surface area contributed by atoms with Gasteiger partial charge in [-0.25, -0.2) is 12.7 Å².